The van der Waals surface area contributed by atoms with Gasteiger partial charge in [0.05, 0.1) is 11.4 Å². The summed E-state index contributed by atoms with van der Waals surface area (Å²) in [4.78, 5) is 14.6. The van der Waals surface area contributed by atoms with Gasteiger partial charge >= 0.3 is 0 Å². The highest BCUT2D eigenvalue weighted by atomic mass is 35.5. The van der Waals surface area contributed by atoms with Gasteiger partial charge in [0.25, 0.3) is 0 Å². The van der Waals surface area contributed by atoms with Crippen LogP contribution in [0.1, 0.15) is 24.0 Å². The summed E-state index contributed by atoms with van der Waals surface area (Å²) in [5, 5.41) is 12.9. The summed E-state index contributed by atoms with van der Waals surface area (Å²) in [6.45, 7) is 3.92. The number of carbonyl (C=O) groups excluding carboxylic acids is 1. The molecule has 9 heteroatoms. The Labute approximate surface area is 189 Å². The number of hydrogen-bond donors (Lipinski definition) is 1. The molecule has 6 nitrogen and oxygen atoms in total. The van der Waals surface area contributed by atoms with E-state index in [-0.39, 0.29) is 17.5 Å². The molecular formula is C22H23ClFN5OS. The van der Waals surface area contributed by atoms with E-state index in [1.54, 1.807) is 19.1 Å². The van der Waals surface area contributed by atoms with Crippen molar-refractivity contribution in [1.29, 1.82) is 0 Å². The summed E-state index contributed by atoms with van der Waals surface area (Å²) < 4.78 is 15.4. The first kappa shape index (κ1) is 21.6. The molecule has 0 radical (unpaired) electrons. The molecule has 162 valence electrons. The molecule has 0 atom stereocenters. The van der Waals surface area contributed by atoms with Gasteiger partial charge in [-0.3, -0.25) is 9.36 Å². The van der Waals surface area contributed by atoms with E-state index in [2.05, 4.69) is 20.4 Å². The molecule has 1 aliphatic heterocycles. The fourth-order valence-corrected chi connectivity index (χ4v) is 4.48. The maximum absolute atomic E-state index is 13.4. The van der Waals surface area contributed by atoms with Crippen molar-refractivity contribution in [3.63, 3.8) is 0 Å². The monoisotopic (exact) mass is 459 g/mol. The molecule has 1 amide bonds. The first-order valence-electron chi connectivity index (χ1n) is 10.1. The number of hydrogen-bond acceptors (Lipinski definition) is 5. The summed E-state index contributed by atoms with van der Waals surface area (Å²) in [6.07, 6.45) is 2.24. The van der Waals surface area contributed by atoms with Crippen LogP contribution in [-0.4, -0.2) is 39.5 Å². The van der Waals surface area contributed by atoms with Crippen molar-refractivity contribution >= 4 is 35.2 Å². The minimum Gasteiger partial charge on any atom is -0.351 e. The Kier molecular flexibility index (Phi) is 6.77. The molecule has 1 aliphatic rings. The number of anilines is 1. The third-order valence-corrected chi connectivity index (χ3v) is 6.28. The molecule has 2 aromatic carbocycles. The van der Waals surface area contributed by atoms with Gasteiger partial charge in [-0.25, -0.2) is 4.39 Å². The lowest BCUT2D eigenvalue weighted by Gasteiger charge is -2.18. The highest BCUT2D eigenvalue weighted by Gasteiger charge is 2.23. The van der Waals surface area contributed by atoms with Gasteiger partial charge in [0.1, 0.15) is 5.82 Å². The van der Waals surface area contributed by atoms with Crippen molar-refractivity contribution in [1.82, 2.24) is 20.1 Å². The second kappa shape index (κ2) is 9.70. The van der Waals surface area contributed by atoms with E-state index < -0.39 is 0 Å². The van der Waals surface area contributed by atoms with Gasteiger partial charge in [-0.15, -0.1) is 10.2 Å². The highest BCUT2D eigenvalue weighted by Crippen LogP contribution is 2.29. The molecule has 1 fully saturated rings. The van der Waals surface area contributed by atoms with Crippen molar-refractivity contribution in [3.05, 3.63) is 64.4 Å². The zero-order chi connectivity index (χ0) is 21.8. The second-order valence-electron chi connectivity index (χ2n) is 7.44. The predicted octanol–water partition coefficient (Wildman–Crippen LogP) is 4.38. The van der Waals surface area contributed by atoms with Gasteiger partial charge in [0.2, 0.25) is 11.9 Å². The van der Waals surface area contributed by atoms with Crippen LogP contribution in [0.25, 0.3) is 5.69 Å². The third kappa shape index (κ3) is 5.19. The van der Waals surface area contributed by atoms with E-state index in [4.69, 9.17) is 11.6 Å². The standard InChI is InChI=1S/C22H23ClFN5OS/c1-15-11-16(7-8-19(15)24)13-25-20(30)14-31-22-27-26-21(28-9-2-3-10-28)29(22)18-6-4-5-17(23)12-18/h4-8,11-12H,2-3,9-10,13-14H2,1H3,(H,25,30). The van der Waals surface area contributed by atoms with Gasteiger partial charge in [-0.2, -0.15) is 0 Å². The predicted molar refractivity (Wildman–Crippen MR) is 122 cm³/mol. The summed E-state index contributed by atoms with van der Waals surface area (Å²) in [5.41, 5.74) is 2.28. The fourth-order valence-electron chi connectivity index (χ4n) is 3.52. The Bertz CT molecular complexity index is 1080. The van der Waals surface area contributed by atoms with E-state index in [1.807, 2.05) is 28.8 Å². The van der Waals surface area contributed by atoms with Crippen molar-refractivity contribution in [2.75, 3.05) is 23.7 Å². The minimum atomic E-state index is -0.250. The highest BCUT2D eigenvalue weighted by molar-refractivity contribution is 7.99. The van der Waals surface area contributed by atoms with Gasteiger partial charge in [0.15, 0.2) is 5.16 Å². The van der Waals surface area contributed by atoms with Crippen molar-refractivity contribution in [2.24, 2.45) is 0 Å². The zero-order valence-corrected chi connectivity index (χ0v) is 18.7. The number of aromatic nitrogens is 3. The Balaban J connectivity index is 1.46. The number of benzene rings is 2. The first-order chi connectivity index (χ1) is 15.0. The van der Waals surface area contributed by atoms with E-state index in [0.717, 1.165) is 43.1 Å². The Morgan fingerprint density at radius 2 is 2.00 bits per heavy atom. The molecule has 2 heterocycles. The summed E-state index contributed by atoms with van der Waals surface area (Å²) in [5.74, 6) is 0.582. The number of nitrogens with zero attached hydrogens (tertiary/aromatic N) is 4. The van der Waals surface area contributed by atoms with Crippen LogP contribution in [0.15, 0.2) is 47.6 Å². The topological polar surface area (TPSA) is 63.1 Å². The molecule has 0 aliphatic carbocycles. The van der Waals surface area contributed by atoms with Crippen molar-refractivity contribution in [2.45, 2.75) is 31.5 Å². The molecule has 1 aromatic heterocycles. The van der Waals surface area contributed by atoms with Crippen LogP contribution in [0.5, 0.6) is 0 Å². The summed E-state index contributed by atoms with van der Waals surface area (Å²) in [7, 11) is 0. The number of thioether (sulfide) groups is 1. The lowest BCUT2D eigenvalue weighted by atomic mass is 10.1. The fraction of sp³-hybridized carbons (Fsp3) is 0.318. The minimum absolute atomic E-state index is 0.129. The molecular weight excluding hydrogens is 437 g/mol. The van der Waals surface area contributed by atoms with Crippen molar-refractivity contribution < 1.29 is 9.18 Å². The Morgan fingerprint density at radius 1 is 1.19 bits per heavy atom. The SMILES string of the molecule is Cc1cc(CNC(=O)CSc2nnc(N3CCCC3)n2-c2cccc(Cl)c2)ccc1F. The van der Waals surface area contributed by atoms with Gasteiger partial charge in [-0.05, 0) is 55.2 Å². The lowest BCUT2D eigenvalue weighted by Crippen LogP contribution is -2.25. The van der Waals surface area contributed by atoms with E-state index in [1.165, 1.54) is 17.8 Å². The zero-order valence-electron chi connectivity index (χ0n) is 17.1. The average molecular weight is 460 g/mol. The number of aryl methyl sites for hydroxylation is 1. The third-order valence-electron chi connectivity index (χ3n) is 5.12. The maximum Gasteiger partial charge on any atom is 0.232 e. The second-order valence-corrected chi connectivity index (χ2v) is 8.82. The number of nitrogens with one attached hydrogen (secondary N) is 1. The molecule has 1 N–H and O–H groups in total. The van der Waals surface area contributed by atoms with E-state index >= 15 is 0 Å². The van der Waals surface area contributed by atoms with Crippen molar-refractivity contribution in [3.8, 4) is 5.69 Å². The molecule has 0 spiro atoms. The molecule has 0 saturated carbocycles. The number of halogens is 2. The summed E-state index contributed by atoms with van der Waals surface area (Å²) in [6, 6.07) is 12.4. The average Bonchev–Trinajstić information content (AvgIpc) is 3.42. The molecule has 3 aromatic rings. The quantitative estimate of drug-likeness (QED) is 0.531. The number of rotatable bonds is 7. The largest absolute Gasteiger partial charge is 0.351 e. The smallest absolute Gasteiger partial charge is 0.232 e. The number of amides is 1. The lowest BCUT2D eigenvalue weighted by molar-refractivity contribution is -0.118. The Morgan fingerprint density at radius 3 is 2.74 bits per heavy atom. The Hall–Kier alpha value is -2.58. The summed E-state index contributed by atoms with van der Waals surface area (Å²) >= 11 is 7.54. The molecule has 0 bridgehead atoms. The van der Waals surface area contributed by atoms with Crippen LogP contribution in [-0.2, 0) is 11.3 Å². The van der Waals surface area contributed by atoms with Crippen LogP contribution in [0.3, 0.4) is 0 Å². The number of carbonyl (C=O) groups is 1. The van der Waals surface area contributed by atoms with Gasteiger partial charge in [0, 0.05) is 24.7 Å². The van der Waals surface area contributed by atoms with Gasteiger partial charge < -0.3 is 10.2 Å². The first-order valence-corrected chi connectivity index (χ1v) is 11.5. The van der Waals surface area contributed by atoms with E-state index in [9.17, 15) is 9.18 Å². The normalized spacial score (nSPS) is 13.6. The van der Waals surface area contributed by atoms with Crippen LogP contribution in [0.2, 0.25) is 5.02 Å². The van der Waals surface area contributed by atoms with Crippen LogP contribution in [0.4, 0.5) is 10.3 Å². The molecule has 31 heavy (non-hydrogen) atoms. The van der Waals surface area contributed by atoms with Crippen LogP contribution in [0, 0.1) is 12.7 Å². The molecule has 0 unspecified atom stereocenters. The molecule has 1 saturated heterocycles. The van der Waals surface area contributed by atoms with Crippen LogP contribution < -0.4 is 10.2 Å². The maximum atomic E-state index is 13.4. The van der Waals surface area contributed by atoms with E-state index in [0.29, 0.717) is 22.3 Å². The van der Waals surface area contributed by atoms with Gasteiger partial charge in [-0.1, -0.05) is 41.6 Å². The van der Waals surface area contributed by atoms with Crippen LogP contribution >= 0.6 is 23.4 Å². The molecule has 4 rings (SSSR count).